The molecule has 1 rings (SSSR count). The van der Waals surface area contributed by atoms with Gasteiger partial charge in [0.25, 0.3) is 0 Å². The molecule has 2 heteroatoms. The van der Waals surface area contributed by atoms with E-state index < -0.39 is 0 Å². The van der Waals surface area contributed by atoms with Crippen LogP contribution in [-0.4, -0.2) is 5.97 Å². The monoisotopic (exact) mass is 204 g/mol. The van der Waals surface area contributed by atoms with Gasteiger partial charge in [0.15, 0.2) is 0 Å². The van der Waals surface area contributed by atoms with Gasteiger partial charge in [-0.3, -0.25) is 4.79 Å². The summed E-state index contributed by atoms with van der Waals surface area (Å²) in [5.41, 5.74) is 1.11. The normalized spacial score (nSPS) is 10.9. The van der Waals surface area contributed by atoms with Crippen molar-refractivity contribution in [2.75, 3.05) is 0 Å². The maximum Gasteiger partial charge on any atom is 0.308 e. The molecule has 0 N–H and O–H groups in total. The molecule has 0 amide bonds. The van der Waals surface area contributed by atoms with Gasteiger partial charge in [-0.15, -0.1) is 0 Å². The van der Waals surface area contributed by atoms with Gasteiger partial charge in [-0.1, -0.05) is 38.1 Å². The number of ether oxygens (including phenoxy) is 1. The summed E-state index contributed by atoms with van der Waals surface area (Å²) < 4.78 is 4.93. The van der Waals surface area contributed by atoms with Gasteiger partial charge in [0.1, 0.15) is 5.75 Å². The molecule has 1 aromatic carbocycles. The highest BCUT2D eigenvalue weighted by atomic mass is 16.5. The molecule has 2 nitrogen and oxygen atoms in total. The molecule has 0 saturated heterocycles. The van der Waals surface area contributed by atoms with Crippen molar-refractivity contribution in [1.29, 1.82) is 0 Å². The van der Waals surface area contributed by atoms with Crippen LogP contribution < -0.4 is 4.74 Å². The highest BCUT2D eigenvalue weighted by molar-refractivity contribution is 5.69. The third kappa shape index (κ3) is 4.45. The fraction of sp³-hybridized carbons (Fsp3) is 0.308. The van der Waals surface area contributed by atoms with Crippen molar-refractivity contribution in [3.05, 3.63) is 35.9 Å². The molecule has 0 aliphatic heterocycles. The zero-order valence-electron chi connectivity index (χ0n) is 9.36. The van der Waals surface area contributed by atoms with Gasteiger partial charge in [-0.2, -0.15) is 0 Å². The minimum absolute atomic E-state index is 0.291. The number of benzene rings is 1. The molecule has 0 atom stereocenters. The molecule has 1 aromatic rings. The molecule has 0 saturated carbocycles. The predicted octanol–water partition coefficient (Wildman–Crippen LogP) is 3.28. The van der Waals surface area contributed by atoms with Gasteiger partial charge < -0.3 is 4.74 Å². The van der Waals surface area contributed by atoms with Crippen LogP contribution in [0.1, 0.15) is 26.3 Å². The maximum absolute atomic E-state index is 10.7. The highest BCUT2D eigenvalue weighted by Crippen LogP contribution is 2.13. The predicted molar refractivity (Wildman–Crippen MR) is 61.6 cm³/mol. The third-order valence-electron chi connectivity index (χ3n) is 1.82. The lowest BCUT2D eigenvalue weighted by molar-refractivity contribution is -0.131. The van der Waals surface area contributed by atoms with Crippen molar-refractivity contribution < 1.29 is 9.53 Å². The van der Waals surface area contributed by atoms with Crippen LogP contribution in [0.2, 0.25) is 0 Å². The Bertz CT molecular complexity index is 347. The van der Waals surface area contributed by atoms with Gasteiger partial charge in [0.05, 0.1) is 0 Å². The van der Waals surface area contributed by atoms with E-state index in [1.807, 2.05) is 12.1 Å². The molecular weight excluding hydrogens is 188 g/mol. The molecule has 80 valence electrons. The molecule has 0 heterocycles. The van der Waals surface area contributed by atoms with Crippen molar-refractivity contribution in [3.63, 3.8) is 0 Å². The molecule has 0 spiro atoms. The van der Waals surface area contributed by atoms with Crippen LogP contribution in [0.3, 0.4) is 0 Å². The molecule has 0 aliphatic rings. The molecular formula is C13H16O2. The summed E-state index contributed by atoms with van der Waals surface area (Å²) >= 11 is 0. The number of esters is 1. The maximum atomic E-state index is 10.7. The largest absolute Gasteiger partial charge is 0.427 e. The van der Waals surface area contributed by atoms with Crippen LogP contribution in [0, 0.1) is 5.92 Å². The van der Waals surface area contributed by atoms with E-state index in [1.54, 1.807) is 12.1 Å². The van der Waals surface area contributed by atoms with Crippen LogP contribution in [-0.2, 0) is 4.79 Å². The summed E-state index contributed by atoms with van der Waals surface area (Å²) in [6.45, 7) is 5.65. The fourth-order valence-corrected chi connectivity index (χ4v) is 1.12. The van der Waals surface area contributed by atoms with Gasteiger partial charge in [-0.05, 0) is 23.6 Å². The summed E-state index contributed by atoms with van der Waals surface area (Å²) in [5, 5.41) is 0. The summed E-state index contributed by atoms with van der Waals surface area (Å²) in [4.78, 5) is 10.7. The first-order valence-electron chi connectivity index (χ1n) is 5.04. The number of carbonyl (C=O) groups excluding carboxylic acids is 1. The Morgan fingerprint density at radius 1 is 1.27 bits per heavy atom. The second kappa shape index (κ2) is 5.35. The van der Waals surface area contributed by atoms with Crippen molar-refractivity contribution in [2.24, 2.45) is 5.92 Å². The lowest BCUT2D eigenvalue weighted by atomic mass is 10.1. The molecule has 15 heavy (non-hydrogen) atoms. The van der Waals surface area contributed by atoms with Crippen molar-refractivity contribution in [3.8, 4) is 5.75 Å². The first kappa shape index (κ1) is 11.5. The van der Waals surface area contributed by atoms with E-state index in [-0.39, 0.29) is 5.97 Å². The van der Waals surface area contributed by atoms with E-state index in [2.05, 4.69) is 26.0 Å². The third-order valence-corrected chi connectivity index (χ3v) is 1.82. The SMILES string of the molecule is CC(=O)Oc1ccc(/C=C/C(C)C)cc1. The average molecular weight is 204 g/mol. The van der Waals surface area contributed by atoms with Crippen LogP contribution in [0.15, 0.2) is 30.3 Å². The van der Waals surface area contributed by atoms with Gasteiger partial charge in [0.2, 0.25) is 0 Å². The number of allylic oxidation sites excluding steroid dienone is 1. The zero-order valence-corrected chi connectivity index (χ0v) is 9.36. The van der Waals surface area contributed by atoms with Crippen molar-refractivity contribution in [2.45, 2.75) is 20.8 Å². The Morgan fingerprint density at radius 2 is 1.87 bits per heavy atom. The number of carbonyl (C=O) groups is 1. The fourth-order valence-electron chi connectivity index (χ4n) is 1.12. The van der Waals surface area contributed by atoms with E-state index in [1.165, 1.54) is 6.92 Å². The molecule has 0 aromatic heterocycles. The first-order valence-corrected chi connectivity index (χ1v) is 5.04. The van der Waals surface area contributed by atoms with Crippen LogP contribution >= 0.6 is 0 Å². The Hall–Kier alpha value is -1.57. The summed E-state index contributed by atoms with van der Waals surface area (Å²) in [6.07, 6.45) is 4.18. The average Bonchev–Trinajstić information content (AvgIpc) is 2.16. The number of hydrogen-bond donors (Lipinski definition) is 0. The smallest absolute Gasteiger partial charge is 0.308 e. The lowest BCUT2D eigenvalue weighted by Crippen LogP contribution is -2.00. The summed E-state index contributed by atoms with van der Waals surface area (Å²) in [6, 6.07) is 7.44. The summed E-state index contributed by atoms with van der Waals surface area (Å²) in [7, 11) is 0. The topological polar surface area (TPSA) is 26.3 Å². The van der Waals surface area contributed by atoms with Crippen molar-refractivity contribution in [1.82, 2.24) is 0 Å². The second-order valence-electron chi connectivity index (χ2n) is 3.77. The van der Waals surface area contributed by atoms with Gasteiger partial charge in [-0.25, -0.2) is 0 Å². The Morgan fingerprint density at radius 3 is 2.33 bits per heavy atom. The first-order chi connectivity index (χ1) is 7.08. The zero-order chi connectivity index (χ0) is 11.3. The molecule has 0 fully saturated rings. The van der Waals surface area contributed by atoms with E-state index >= 15 is 0 Å². The van der Waals surface area contributed by atoms with Crippen LogP contribution in [0.5, 0.6) is 5.75 Å². The summed E-state index contributed by atoms with van der Waals surface area (Å²) in [5.74, 6) is 0.836. The minimum Gasteiger partial charge on any atom is -0.427 e. The van der Waals surface area contributed by atoms with Crippen LogP contribution in [0.4, 0.5) is 0 Å². The second-order valence-corrected chi connectivity index (χ2v) is 3.77. The molecule has 0 unspecified atom stereocenters. The molecule has 0 radical (unpaired) electrons. The van der Waals surface area contributed by atoms with Gasteiger partial charge in [0, 0.05) is 6.92 Å². The van der Waals surface area contributed by atoms with E-state index in [9.17, 15) is 4.79 Å². The number of hydrogen-bond acceptors (Lipinski definition) is 2. The Kier molecular flexibility index (Phi) is 4.10. The van der Waals surface area contributed by atoms with E-state index in [4.69, 9.17) is 4.74 Å². The quantitative estimate of drug-likeness (QED) is 0.558. The van der Waals surface area contributed by atoms with E-state index in [0.29, 0.717) is 11.7 Å². The number of rotatable bonds is 3. The Labute approximate surface area is 90.6 Å². The van der Waals surface area contributed by atoms with Gasteiger partial charge >= 0.3 is 5.97 Å². The highest BCUT2D eigenvalue weighted by Gasteiger charge is 1.96. The molecule has 0 bridgehead atoms. The minimum atomic E-state index is -0.291. The van der Waals surface area contributed by atoms with Crippen molar-refractivity contribution >= 4 is 12.0 Å². The lowest BCUT2D eigenvalue weighted by Gasteiger charge is -2.01. The van der Waals surface area contributed by atoms with Crippen LogP contribution in [0.25, 0.3) is 6.08 Å². The van der Waals surface area contributed by atoms with E-state index in [0.717, 1.165) is 5.56 Å². The Balaban J connectivity index is 2.68. The molecule has 0 aliphatic carbocycles. The standard InChI is InChI=1S/C13H16O2/c1-10(2)4-5-12-6-8-13(9-7-12)15-11(3)14/h4-10H,1-3H3/b5-4+.